The highest BCUT2D eigenvalue weighted by Crippen LogP contribution is 2.13. The Kier molecular flexibility index (Phi) is 5.38. The van der Waals surface area contributed by atoms with Crippen molar-refractivity contribution in [3.63, 3.8) is 0 Å². The summed E-state index contributed by atoms with van der Waals surface area (Å²) in [6.45, 7) is 1.06. The number of barbiturate groups is 1. The molecular formula is C17H18N4O5S. The number of benzene rings is 1. The molecule has 1 aromatic rings. The van der Waals surface area contributed by atoms with Crippen LogP contribution in [0.2, 0.25) is 0 Å². The molecule has 2 saturated heterocycles. The predicted molar refractivity (Wildman–Crippen MR) is 97.3 cm³/mol. The van der Waals surface area contributed by atoms with Crippen LogP contribution in [0.3, 0.4) is 0 Å². The molecule has 0 aliphatic carbocycles. The lowest BCUT2D eigenvalue weighted by atomic mass is 10.2. The molecule has 142 valence electrons. The first-order valence-electron chi connectivity index (χ1n) is 8.21. The van der Waals surface area contributed by atoms with E-state index in [1.54, 1.807) is 17.0 Å². The number of piperazine rings is 1. The van der Waals surface area contributed by atoms with Crippen molar-refractivity contribution in [2.45, 2.75) is 0 Å². The second-order valence-electron chi connectivity index (χ2n) is 5.97. The molecule has 2 heterocycles. The summed E-state index contributed by atoms with van der Waals surface area (Å²) >= 11 is 0. The van der Waals surface area contributed by atoms with Crippen LogP contribution in [0.5, 0.6) is 0 Å². The van der Waals surface area contributed by atoms with Crippen molar-refractivity contribution in [1.29, 1.82) is 0 Å². The second kappa shape index (κ2) is 7.72. The lowest BCUT2D eigenvalue weighted by Crippen LogP contribution is -2.52. The van der Waals surface area contributed by atoms with Crippen LogP contribution in [0.4, 0.5) is 4.79 Å². The first-order chi connectivity index (χ1) is 12.8. The number of urea groups is 1. The lowest BCUT2D eigenvalue weighted by Gasteiger charge is -2.33. The fourth-order valence-electron chi connectivity index (χ4n) is 2.68. The van der Waals surface area contributed by atoms with E-state index in [0.29, 0.717) is 13.1 Å². The third-order valence-corrected chi connectivity index (χ3v) is 5.69. The highest BCUT2D eigenvalue weighted by atomic mass is 32.2. The van der Waals surface area contributed by atoms with Crippen LogP contribution < -0.4 is 10.6 Å². The van der Waals surface area contributed by atoms with Crippen molar-refractivity contribution in [3.8, 4) is 0 Å². The molecule has 0 unspecified atom stereocenters. The molecule has 0 bridgehead atoms. The van der Waals surface area contributed by atoms with E-state index >= 15 is 0 Å². The van der Waals surface area contributed by atoms with E-state index in [1.807, 2.05) is 28.8 Å². The standard InChI is InChI=1S/C17H18N4O5S/c22-15-14(16(23)19-17(24)18-15)12-20-7-9-21(10-8-20)27(25,26)11-6-13-4-2-1-3-5-13/h1-6,11-12H,7-10H2,(H2,18,19,22,23,24). The van der Waals surface area contributed by atoms with Gasteiger partial charge in [-0.3, -0.25) is 20.2 Å². The summed E-state index contributed by atoms with van der Waals surface area (Å²) in [6, 6.07) is 8.25. The molecule has 2 N–H and O–H groups in total. The Bertz CT molecular complexity index is 894. The zero-order valence-corrected chi connectivity index (χ0v) is 15.1. The molecule has 10 heteroatoms. The van der Waals surface area contributed by atoms with Crippen molar-refractivity contribution in [2.24, 2.45) is 0 Å². The van der Waals surface area contributed by atoms with Gasteiger partial charge in [-0.25, -0.2) is 13.2 Å². The van der Waals surface area contributed by atoms with E-state index in [-0.39, 0.29) is 18.7 Å². The number of rotatable bonds is 4. The number of imide groups is 2. The molecule has 1 aromatic carbocycles. The summed E-state index contributed by atoms with van der Waals surface area (Å²) in [5, 5.41) is 5.16. The van der Waals surface area contributed by atoms with Gasteiger partial charge < -0.3 is 4.90 Å². The average Bonchev–Trinajstić information content (AvgIpc) is 2.64. The van der Waals surface area contributed by atoms with Gasteiger partial charge in [0.15, 0.2) is 0 Å². The lowest BCUT2D eigenvalue weighted by molar-refractivity contribution is -0.124. The third-order valence-electron chi connectivity index (χ3n) is 4.12. The molecule has 2 fully saturated rings. The average molecular weight is 390 g/mol. The minimum Gasteiger partial charge on any atom is -0.374 e. The maximum absolute atomic E-state index is 12.4. The third kappa shape index (κ3) is 4.60. The van der Waals surface area contributed by atoms with E-state index in [9.17, 15) is 22.8 Å². The molecule has 27 heavy (non-hydrogen) atoms. The van der Waals surface area contributed by atoms with Crippen LogP contribution in [0, 0.1) is 0 Å². The number of sulfonamides is 1. The topological polar surface area (TPSA) is 116 Å². The molecule has 0 radical (unpaired) electrons. The molecule has 2 aliphatic heterocycles. The monoisotopic (exact) mass is 390 g/mol. The number of amides is 4. The van der Waals surface area contributed by atoms with Gasteiger partial charge in [0.05, 0.1) is 0 Å². The normalized spacial score (nSPS) is 19.2. The van der Waals surface area contributed by atoms with Gasteiger partial charge in [0.1, 0.15) is 5.57 Å². The van der Waals surface area contributed by atoms with E-state index < -0.39 is 27.9 Å². The Morgan fingerprint density at radius 1 is 0.889 bits per heavy atom. The van der Waals surface area contributed by atoms with Gasteiger partial charge in [0.25, 0.3) is 11.8 Å². The van der Waals surface area contributed by atoms with Gasteiger partial charge in [0.2, 0.25) is 10.0 Å². The molecule has 0 spiro atoms. The van der Waals surface area contributed by atoms with Crippen molar-refractivity contribution in [1.82, 2.24) is 19.8 Å². The Morgan fingerprint density at radius 3 is 2.07 bits per heavy atom. The fraction of sp³-hybridized carbons (Fsp3) is 0.235. The van der Waals surface area contributed by atoms with Crippen LogP contribution in [0.25, 0.3) is 6.08 Å². The minimum absolute atomic E-state index is 0.185. The van der Waals surface area contributed by atoms with Crippen molar-refractivity contribution >= 4 is 33.9 Å². The maximum atomic E-state index is 12.4. The largest absolute Gasteiger partial charge is 0.374 e. The quantitative estimate of drug-likeness (QED) is 0.546. The first kappa shape index (κ1) is 18.8. The Hall–Kier alpha value is -2.98. The van der Waals surface area contributed by atoms with Gasteiger partial charge >= 0.3 is 6.03 Å². The Balaban J connectivity index is 1.62. The van der Waals surface area contributed by atoms with E-state index in [2.05, 4.69) is 0 Å². The first-order valence-corrected chi connectivity index (χ1v) is 9.71. The highest BCUT2D eigenvalue weighted by molar-refractivity contribution is 7.92. The van der Waals surface area contributed by atoms with E-state index in [1.165, 1.54) is 22.0 Å². The zero-order valence-electron chi connectivity index (χ0n) is 14.3. The highest BCUT2D eigenvalue weighted by Gasteiger charge is 2.30. The minimum atomic E-state index is -3.56. The van der Waals surface area contributed by atoms with Crippen LogP contribution in [0.15, 0.2) is 47.5 Å². The molecule has 0 aromatic heterocycles. The summed E-state index contributed by atoms with van der Waals surface area (Å²) in [6.07, 6.45) is 2.89. The van der Waals surface area contributed by atoms with Gasteiger partial charge in [-0.15, -0.1) is 0 Å². The van der Waals surface area contributed by atoms with Crippen LogP contribution in [-0.2, 0) is 19.6 Å². The smallest absolute Gasteiger partial charge is 0.328 e. The number of carbonyl (C=O) groups is 3. The fourth-order valence-corrected chi connectivity index (χ4v) is 3.85. The number of carbonyl (C=O) groups excluding carboxylic acids is 3. The molecule has 0 saturated carbocycles. The maximum Gasteiger partial charge on any atom is 0.328 e. The summed E-state index contributed by atoms with van der Waals surface area (Å²) in [5.41, 5.74) is 0.600. The summed E-state index contributed by atoms with van der Waals surface area (Å²) < 4.78 is 26.2. The Labute approximate surface area is 156 Å². The SMILES string of the molecule is O=C1NC(=O)C(=CN2CCN(S(=O)(=O)C=Cc3ccccc3)CC2)C(=O)N1. The van der Waals surface area contributed by atoms with Gasteiger partial charge in [-0.1, -0.05) is 30.3 Å². The van der Waals surface area contributed by atoms with Crippen molar-refractivity contribution in [3.05, 3.63) is 53.1 Å². The molecular weight excluding hydrogens is 372 g/mol. The second-order valence-corrected chi connectivity index (χ2v) is 7.79. The molecule has 9 nitrogen and oxygen atoms in total. The van der Waals surface area contributed by atoms with E-state index in [0.717, 1.165) is 5.56 Å². The summed E-state index contributed by atoms with van der Waals surface area (Å²) in [4.78, 5) is 36.2. The summed E-state index contributed by atoms with van der Waals surface area (Å²) in [7, 11) is -3.56. The molecule has 3 rings (SSSR count). The van der Waals surface area contributed by atoms with Gasteiger partial charge in [-0.05, 0) is 11.6 Å². The van der Waals surface area contributed by atoms with Crippen LogP contribution in [-0.4, -0.2) is 61.6 Å². The molecule has 4 amide bonds. The predicted octanol–water partition coefficient (Wildman–Crippen LogP) is -0.145. The molecule has 0 atom stereocenters. The molecule has 2 aliphatic rings. The van der Waals surface area contributed by atoms with Gasteiger partial charge in [-0.2, -0.15) is 4.31 Å². The summed E-state index contributed by atoms with van der Waals surface area (Å²) in [5.74, 6) is -1.55. The number of nitrogens with one attached hydrogen (secondary N) is 2. The Morgan fingerprint density at radius 2 is 1.48 bits per heavy atom. The van der Waals surface area contributed by atoms with Crippen molar-refractivity contribution in [2.75, 3.05) is 26.2 Å². The van der Waals surface area contributed by atoms with Crippen molar-refractivity contribution < 1.29 is 22.8 Å². The van der Waals surface area contributed by atoms with E-state index in [4.69, 9.17) is 0 Å². The van der Waals surface area contributed by atoms with Crippen LogP contribution in [0.1, 0.15) is 5.56 Å². The number of nitrogens with zero attached hydrogens (tertiary/aromatic N) is 2. The number of hydrogen-bond acceptors (Lipinski definition) is 6. The van der Waals surface area contributed by atoms with Gasteiger partial charge in [0, 0.05) is 37.8 Å². The van der Waals surface area contributed by atoms with Crippen LogP contribution >= 0.6 is 0 Å². The zero-order chi connectivity index (χ0) is 19.4. The number of hydrogen-bond donors (Lipinski definition) is 2.